The van der Waals surface area contributed by atoms with E-state index in [1.54, 1.807) is 42.5 Å². The van der Waals surface area contributed by atoms with Gasteiger partial charge in [-0.05, 0) is 48.6 Å². The van der Waals surface area contributed by atoms with E-state index >= 15 is 0 Å². The minimum Gasteiger partial charge on any atom is -0.326 e. The van der Waals surface area contributed by atoms with Crippen LogP contribution in [0.1, 0.15) is 23.0 Å². The number of nitrogens with zero attached hydrogens (tertiary/aromatic N) is 1. The van der Waals surface area contributed by atoms with E-state index in [1.807, 2.05) is 5.38 Å². The van der Waals surface area contributed by atoms with Gasteiger partial charge in [0.2, 0.25) is 5.91 Å². The molecular formula is C20H15FN2O2S. The molecule has 0 bridgehead atoms. The number of carbonyl (C=O) groups excluding carboxylic acids is 2. The monoisotopic (exact) mass is 366 g/mol. The number of allylic oxidation sites excluding steroid dienone is 1. The van der Waals surface area contributed by atoms with Crippen molar-refractivity contribution >= 4 is 34.8 Å². The second kappa shape index (κ2) is 7.84. The number of hydrogen-bond acceptors (Lipinski definition) is 4. The Bertz CT molecular complexity index is 977. The van der Waals surface area contributed by atoms with Crippen LogP contribution in [-0.4, -0.2) is 16.7 Å². The summed E-state index contributed by atoms with van der Waals surface area (Å²) in [4.78, 5) is 27.8. The van der Waals surface area contributed by atoms with E-state index in [2.05, 4.69) is 10.3 Å². The number of anilines is 1. The molecule has 4 nitrogen and oxygen atoms in total. The summed E-state index contributed by atoms with van der Waals surface area (Å²) in [7, 11) is 0. The van der Waals surface area contributed by atoms with Gasteiger partial charge in [-0.1, -0.05) is 12.1 Å². The number of rotatable bonds is 5. The molecule has 130 valence electrons. The fourth-order valence-corrected chi connectivity index (χ4v) is 3.09. The van der Waals surface area contributed by atoms with Crippen LogP contribution in [0.3, 0.4) is 0 Å². The maximum Gasteiger partial charge on any atom is 0.221 e. The zero-order valence-electron chi connectivity index (χ0n) is 13.9. The highest BCUT2D eigenvalue weighted by molar-refractivity contribution is 7.13. The fourth-order valence-electron chi connectivity index (χ4n) is 2.30. The molecule has 0 saturated carbocycles. The number of halogens is 1. The third-order valence-electron chi connectivity index (χ3n) is 3.49. The maximum absolute atomic E-state index is 13.0. The molecule has 6 heteroatoms. The van der Waals surface area contributed by atoms with Crippen molar-refractivity contribution < 1.29 is 14.0 Å². The van der Waals surface area contributed by atoms with Gasteiger partial charge in [0.15, 0.2) is 5.78 Å². The van der Waals surface area contributed by atoms with Gasteiger partial charge < -0.3 is 5.32 Å². The Labute approximate surface area is 154 Å². The number of thiazole rings is 1. The SMILES string of the molecule is CC(=O)Nc1cccc(C(=O)/C=C/c2csc(-c3ccc(F)cc3)n2)c1. The summed E-state index contributed by atoms with van der Waals surface area (Å²) in [6.07, 6.45) is 3.08. The molecule has 0 unspecified atom stereocenters. The molecule has 0 aliphatic heterocycles. The average molecular weight is 366 g/mol. The largest absolute Gasteiger partial charge is 0.326 e. The van der Waals surface area contributed by atoms with E-state index in [-0.39, 0.29) is 17.5 Å². The predicted molar refractivity (Wildman–Crippen MR) is 102 cm³/mol. The number of aromatic nitrogens is 1. The molecule has 1 heterocycles. The highest BCUT2D eigenvalue weighted by Crippen LogP contribution is 2.24. The summed E-state index contributed by atoms with van der Waals surface area (Å²) in [6, 6.07) is 12.8. The van der Waals surface area contributed by atoms with E-state index in [1.165, 1.54) is 36.5 Å². The minimum atomic E-state index is -0.294. The molecule has 0 aliphatic carbocycles. The van der Waals surface area contributed by atoms with E-state index in [0.29, 0.717) is 16.9 Å². The second-order valence-corrected chi connectivity index (χ2v) is 6.40. The highest BCUT2D eigenvalue weighted by Gasteiger charge is 2.06. The Balaban J connectivity index is 1.73. The van der Waals surface area contributed by atoms with Gasteiger partial charge in [0.25, 0.3) is 0 Å². The van der Waals surface area contributed by atoms with Crippen LogP contribution in [0.25, 0.3) is 16.6 Å². The quantitative estimate of drug-likeness (QED) is 0.521. The lowest BCUT2D eigenvalue weighted by Crippen LogP contribution is -2.06. The molecule has 1 amide bonds. The topological polar surface area (TPSA) is 59.1 Å². The van der Waals surface area contributed by atoms with Crippen LogP contribution in [0.5, 0.6) is 0 Å². The number of carbonyl (C=O) groups is 2. The lowest BCUT2D eigenvalue weighted by molar-refractivity contribution is -0.114. The van der Waals surface area contributed by atoms with Crippen molar-refractivity contribution in [3.8, 4) is 10.6 Å². The standard InChI is InChI=1S/C20H15FN2O2S/c1-13(24)22-17-4-2-3-15(11-17)19(25)10-9-18-12-26-20(23-18)14-5-7-16(21)8-6-14/h2-12H,1H3,(H,22,24)/b10-9+. The van der Waals surface area contributed by atoms with E-state index < -0.39 is 0 Å². The van der Waals surface area contributed by atoms with Crippen molar-refractivity contribution in [3.05, 3.63) is 77.1 Å². The zero-order valence-corrected chi connectivity index (χ0v) is 14.7. The second-order valence-electron chi connectivity index (χ2n) is 5.54. The number of ketones is 1. The molecule has 0 radical (unpaired) electrons. The van der Waals surface area contributed by atoms with Gasteiger partial charge >= 0.3 is 0 Å². The molecule has 0 atom stereocenters. The molecule has 0 spiro atoms. The summed E-state index contributed by atoms with van der Waals surface area (Å²) in [5, 5.41) is 5.23. The third kappa shape index (κ3) is 4.49. The van der Waals surface area contributed by atoms with Crippen molar-refractivity contribution in [3.63, 3.8) is 0 Å². The van der Waals surface area contributed by atoms with Crippen LogP contribution < -0.4 is 5.32 Å². The van der Waals surface area contributed by atoms with E-state index in [0.717, 1.165) is 10.6 Å². The first-order valence-corrected chi connectivity index (χ1v) is 8.71. The normalized spacial score (nSPS) is 10.8. The smallest absolute Gasteiger partial charge is 0.221 e. The molecule has 0 aliphatic rings. The molecule has 26 heavy (non-hydrogen) atoms. The lowest BCUT2D eigenvalue weighted by Gasteiger charge is -2.03. The lowest BCUT2D eigenvalue weighted by atomic mass is 10.1. The number of amides is 1. The van der Waals surface area contributed by atoms with Gasteiger partial charge in [-0.25, -0.2) is 9.37 Å². The van der Waals surface area contributed by atoms with E-state index in [9.17, 15) is 14.0 Å². The molecule has 1 N–H and O–H groups in total. The summed E-state index contributed by atoms with van der Waals surface area (Å²) < 4.78 is 13.0. The Morgan fingerprint density at radius 3 is 2.65 bits per heavy atom. The van der Waals surface area contributed by atoms with Gasteiger partial charge in [-0.2, -0.15) is 0 Å². The first kappa shape index (κ1) is 17.7. The van der Waals surface area contributed by atoms with Gasteiger partial charge in [-0.15, -0.1) is 11.3 Å². The first-order chi connectivity index (χ1) is 12.5. The van der Waals surface area contributed by atoms with Crippen LogP contribution in [0.2, 0.25) is 0 Å². The van der Waals surface area contributed by atoms with Crippen molar-refractivity contribution in [2.24, 2.45) is 0 Å². The molecule has 1 aromatic heterocycles. The van der Waals surface area contributed by atoms with Gasteiger partial charge in [0.05, 0.1) is 5.69 Å². The van der Waals surface area contributed by atoms with Crippen molar-refractivity contribution in [2.75, 3.05) is 5.32 Å². The van der Waals surface area contributed by atoms with Gasteiger partial charge in [-0.3, -0.25) is 9.59 Å². The molecule has 0 saturated heterocycles. The summed E-state index contributed by atoms with van der Waals surface area (Å²) in [6.45, 7) is 1.41. The predicted octanol–water partition coefficient (Wildman–Crippen LogP) is 4.80. The minimum absolute atomic E-state index is 0.187. The molecule has 3 aromatic rings. The maximum atomic E-state index is 13.0. The van der Waals surface area contributed by atoms with Crippen LogP contribution in [0.4, 0.5) is 10.1 Å². The highest BCUT2D eigenvalue weighted by atomic mass is 32.1. The Morgan fingerprint density at radius 2 is 1.92 bits per heavy atom. The summed E-state index contributed by atoms with van der Waals surface area (Å²) in [5.41, 5.74) is 2.52. The zero-order chi connectivity index (χ0) is 18.5. The molecular weight excluding hydrogens is 351 g/mol. The van der Waals surface area contributed by atoms with Gasteiger partial charge in [0.1, 0.15) is 10.8 Å². The molecule has 3 rings (SSSR count). The number of nitrogens with one attached hydrogen (secondary N) is 1. The van der Waals surface area contributed by atoms with Crippen molar-refractivity contribution in [1.29, 1.82) is 0 Å². The fraction of sp³-hybridized carbons (Fsp3) is 0.0500. The Kier molecular flexibility index (Phi) is 5.34. The van der Waals surface area contributed by atoms with E-state index in [4.69, 9.17) is 0 Å². The van der Waals surface area contributed by atoms with Crippen LogP contribution >= 0.6 is 11.3 Å². The number of hydrogen-bond donors (Lipinski definition) is 1. The Morgan fingerprint density at radius 1 is 1.15 bits per heavy atom. The summed E-state index contributed by atoms with van der Waals surface area (Å²) >= 11 is 1.42. The molecule has 2 aromatic carbocycles. The van der Waals surface area contributed by atoms with Crippen LogP contribution in [0, 0.1) is 5.82 Å². The van der Waals surface area contributed by atoms with Crippen molar-refractivity contribution in [2.45, 2.75) is 6.92 Å². The summed E-state index contributed by atoms with van der Waals surface area (Å²) in [5.74, 6) is -0.674. The van der Waals surface area contributed by atoms with Crippen LogP contribution in [-0.2, 0) is 4.79 Å². The third-order valence-corrected chi connectivity index (χ3v) is 4.40. The number of benzene rings is 2. The first-order valence-electron chi connectivity index (χ1n) is 7.83. The van der Waals surface area contributed by atoms with Crippen molar-refractivity contribution in [1.82, 2.24) is 4.98 Å². The Hall–Kier alpha value is -3.12. The van der Waals surface area contributed by atoms with Crippen LogP contribution in [0.15, 0.2) is 60.0 Å². The molecule has 0 fully saturated rings. The average Bonchev–Trinajstić information content (AvgIpc) is 3.09. The van der Waals surface area contributed by atoms with Gasteiger partial charge in [0, 0.05) is 29.1 Å².